The fourth-order valence-corrected chi connectivity index (χ4v) is 5.85. The zero-order valence-electron chi connectivity index (χ0n) is 18.5. The summed E-state index contributed by atoms with van der Waals surface area (Å²) in [5.41, 5.74) is 7.58. The number of fused-ring (bicyclic) bond motifs is 3. The van der Waals surface area contributed by atoms with Gasteiger partial charge in [0, 0.05) is 22.6 Å². The number of amides is 4. The number of Topliss-reactive ketones (excluding diaryl/α,β-unsaturated/α-hetero) is 1. The molecule has 4 atom stereocenters. The summed E-state index contributed by atoms with van der Waals surface area (Å²) in [5, 5.41) is 10.1. The Kier molecular flexibility index (Phi) is 4.82. The van der Waals surface area contributed by atoms with E-state index in [1.165, 1.54) is 19.3 Å². The third-order valence-electron chi connectivity index (χ3n) is 7.32. The predicted octanol–water partition coefficient (Wildman–Crippen LogP) is 1.91. The first kappa shape index (κ1) is 21.8. The highest BCUT2D eigenvalue weighted by atomic mass is 16.5. The third kappa shape index (κ3) is 2.89. The Balaban J connectivity index is 1.70. The fourth-order valence-electron chi connectivity index (χ4n) is 5.85. The van der Waals surface area contributed by atoms with E-state index in [0.29, 0.717) is 27.2 Å². The van der Waals surface area contributed by atoms with Gasteiger partial charge in [-0.05, 0) is 49.5 Å². The van der Waals surface area contributed by atoms with Crippen LogP contribution in [0.4, 0.5) is 4.79 Å². The zero-order valence-corrected chi connectivity index (χ0v) is 18.5. The monoisotopic (exact) mass is 462 g/mol. The van der Waals surface area contributed by atoms with Crippen LogP contribution in [0.3, 0.4) is 0 Å². The van der Waals surface area contributed by atoms with Gasteiger partial charge >= 0.3 is 6.03 Å². The van der Waals surface area contributed by atoms with Gasteiger partial charge in [-0.2, -0.15) is 4.90 Å². The molecule has 9 heteroatoms. The SMILES string of the molecule is COc1cc(C2C3=CCC4C(=O)N(C(N)=O)C(=O)C4C3CC3=C2C(=O)C=C(C)C3=O)ccc1O. The number of nitrogens with two attached hydrogens (primary N) is 1. The number of nitrogens with zero attached hydrogens (tertiary/aromatic N) is 1. The van der Waals surface area contributed by atoms with Crippen molar-refractivity contribution in [3.8, 4) is 11.5 Å². The number of hydrogen-bond acceptors (Lipinski definition) is 7. The Bertz CT molecular complexity index is 1300. The molecule has 0 radical (unpaired) electrons. The van der Waals surface area contributed by atoms with Gasteiger partial charge < -0.3 is 15.6 Å². The number of phenolic OH excluding ortho intramolecular Hbond substituents is 1. The minimum Gasteiger partial charge on any atom is -0.504 e. The summed E-state index contributed by atoms with van der Waals surface area (Å²) in [6.07, 6.45) is 3.46. The minimum atomic E-state index is -1.12. The van der Waals surface area contributed by atoms with Crippen LogP contribution in [0.1, 0.15) is 31.2 Å². The van der Waals surface area contributed by atoms with Gasteiger partial charge in [0.25, 0.3) is 0 Å². The average molecular weight is 462 g/mol. The number of rotatable bonds is 2. The number of hydrogen-bond donors (Lipinski definition) is 2. The second kappa shape index (κ2) is 7.51. The largest absolute Gasteiger partial charge is 0.504 e. The molecular weight excluding hydrogens is 440 g/mol. The number of allylic oxidation sites excluding steroid dienone is 6. The maximum absolute atomic E-state index is 13.2. The normalized spacial score (nSPS) is 28.2. The van der Waals surface area contributed by atoms with E-state index < -0.39 is 41.5 Å². The second-order valence-corrected chi connectivity index (χ2v) is 9.01. The van der Waals surface area contributed by atoms with Crippen LogP contribution in [0, 0.1) is 17.8 Å². The first-order valence-electron chi connectivity index (χ1n) is 10.9. The summed E-state index contributed by atoms with van der Waals surface area (Å²) in [6.45, 7) is 1.57. The fraction of sp³-hybridized carbons (Fsp3) is 0.320. The molecule has 0 saturated carbocycles. The lowest BCUT2D eigenvalue weighted by atomic mass is 9.59. The lowest BCUT2D eigenvalue weighted by Gasteiger charge is -2.42. The van der Waals surface area contributed by atoms with E-state index in [2.05, 4.69) is 0 Å². The molecule has 4 unspecified atom stereocenters. The van der Waals surface area contributed by atoms with E-state index in [4.69, 9.17) is 10.5 Å². The van der Waals surface area contributed by atoms with E-state index in [-0.39, 0.29) is 35.9 Å². The number of likely N-dealkylation sites (tertiary alicyclic amines) is 1. The highest BCUT2D eigenvalue weighted by Gasteiger charge is 2.57. The van der Waals surface area contributed by atoms with Crippen LogP contribution >= 0.6 is 0 Å². The highest BCUT2D eigenvalue weighted by Crippen LogP contribution is 2.55. The second-order valence-electron chi connectivity index (χ2n) is 9.01. The smallest absolute Gasteiger partial charge is 0.328 e. The van der Waals surface area contributed by atoms with Crippen LogP contribution in [0.5, 0.6) is 11.5 Å². The first-order valence-corrected chi connectivity index (χ1v) is 10.9. The molecule has 3 N–H and O–H groups in total. The van der Waals surface area contributed by atoms with Crippen LogP contribution in [0.2, 0.25) is 0 Å². The molecule has 1 heterocycles. The molecule has 1 aromatic carbocycles. The zero-order chi connectivity index (χ0) is 24.5. The summed E-state index contributed by atoms with van der Waals surface area (Å²) < 4.78 is 5.25. The first-order chi connectivity index (χ1) is 16.1. The number of imide groups is 3. The Hall–Kier alpha value is -4.01. The van der Waals surface area contributed by atoms with Gasteiger partial charge in [0.1, 0.15) is 0 Å². The summed E-state index contributed by atoms with van der Waals surface area (Å²) in [7, 11) is 1.40. The molecule has 4 amide bonds. The van der Waals surface area contributed by atoms with Crippen molar-refractivity contribution in [3.05, 3.63) is 58.2 Å². The summed E-state index contributed by atoms with van der Waals surface area (Å²) in [5.74, 6) is -4.62. The van der Waals surface area contributed by atoms with Crippen LogP contribution in [-0.2, 0) is 19.2 Å². The number of ketones is 2. The number of methoxy groups -OCH3 is 1. The summed E-state index contributed by atoms with van der Waals surface area (Å²) in [4.78, 5) is 64.5. The molecule has 1 aliphatic heterocycles. The van der Waals surface area contributed by atoms with Crippen molar-refractivity contribution in [2.45, 2.75) is 25.7 Å². The van der Waals surface area contributed by atoms with Gasteiger partial charge in [-0.1, -0.05) is 17.7 Å². The molecule has 1 fully saturated rings. The number of ether oxygens (including phenoxy) is 1. The molecule has 0 spiro atoms. The summed E-state index contributed by atoms with van der Waals surface area (Å²) in [6, 6.07) is 3.56. The number of aromatic hydroxyl groups is 1. The maximum atomic E-state index is 13.2. The van der Waals surface area contributed by atoms with Gasteiger partial charge in [0.05, 0.1) is 18.9 Å². The van der Waals surface area contributed by atoms with Crippen molar-refractivity contribution in [1.82, 2.24) is 4.90 Å². The molecule has 34 heavy (non-hydrogen) atoms. The Labute approximate surface area is 194 Å². The molecule has 4 aliphatic rings. The highest BCUT2D eigenvalue weighted by molar-refractivity contribution is 6.24. The molecule has 1 saturated heterocycles. The minimum absolute atomic E-state index is 0.0824. The average Bonchev–Trinajstić information content (AvgIpc) is 3.06. The van der Waals surface area contributed by atoms with Crippen molar-refractivity contribution >= 4 is 29.4 Å². The Morgan fingerprint density at radius 1 is 1.15 bits per heavy atom. The van der Waals surface area contributed by atoms with Gasteiger partial charge in [0.2, 0.25) is 11.8 Å². The quantitative estimate of drug-likeness (QED) is 0.388. The molecule has 5 rings (SSSR count). The third-order valence-corrected chi connectivity index (χ3v) is 7.32. The van der Waals surface area contributed by atoms with Crippen LogP contribution in [-0.4, -0.2) is 46.5 Å². The molecule has 9 nitrogen and oxygen atoms in total. The predicted molar refractivity (Wildman–Crippen MR) is 117 cm³/mol. The van der Waals surface area contributed by atoms with Gasteiger partial charge in [-0.25, -0.2) is 4.79 Å². The molecule has 3 aliphatic carbocycles. The molecule has 1 aromatic rings. The Morgan fingerprint density at radius 2 is 1.88 bits per heavy atom. The van der Waals surface area contributed by atoms with E-state index in [0.717, 1.165) is 5.57 Å². The number of urea groups is 1. The van der Waals surface area contributed by atoms with E-state index >= 15 is 0 Å². The van der Waals surface area contributed by atoms with E-state index in [1.54, 1.807) is 19.1 Å². The lowest BCUT2D eigenvalue weighted by Crippen LogP contribution is -2.42. The Morgan fingerprint density at radius 3 is 2.56 bits per heavy atom. The van der Waals surface area contributed by atoms with Crippen molar-refractivity contribution < 1.29 is 33.8 Å². The summed E-state index contributed by atoms with van der Waals surface area (Å²) >= 11 is 0. The van der Waals surface area contributed by atoms with Crippen molar-refractivity contribution in [2.75, 3.05) is 7.11 Å². The number of benzene rings is 1. The number of carbonyl (C=O) groups excluding carboxylic acids is 5. The van der Waals surface area contributed by atoms with Crippen molar-refractivity contribution in [2.24, 2.45) is 23.5 Å². The lowest BCUT2D eigenvalue weighted by molar-refractivity contribution is -0.136. The number of primary amides is 1. The molecule has 174 valence electrons. The maximum Gasteiger partial charge on any atom is 0.328 e. The van der Waals surface area contributed by atoms with Gasteiger partial charge in [-0.15, -0.1) is 0 Å². The standard InChI is InChI=1S/C25H22N2O7/c1-10-7-17(29)21-15(22(10)30)9-14-12(19(21)11-3-6-16(28)18(8-11)34-2)4-5-13-20(14)24(32)27(23(13)31)25(26)33/h3-4,6-8,13-14,19-20,28H,5,9H2,1-2H3,(H2,26,33). The molecule has 0 bridgehead atoms. The van der Waals surface area contributed by atoms with Crippen molar-refractivity contribution in [1.29, 1.82) is 0 Å². The molecule has 0 aromatic heterocycles. The number of carbonyl (C=O) groups is 5. The van der Waals surface area contributed by atoms with E-state index in [9.17, 15) is 29.1 Å². The van der Waals surface area contributed by atoms with Crippen molar-refractivity contribution in [3.63, 3.8) is 0 Å². The van der Waals surface area contributed by atoms with Crippen LogP contribution < -0.4 is 10.5 Å². The van der Waals surface area contributed by atoms with Crippen LogP contribution in [0.15, 0.2) is 52.6 Å². The number of phenols is 1. The molecular formula is C25H22N2O7. The van der Waals surface area contributed by atoms with Gasteiger partial charge in [0.15, 0.2) is 23.1 Å². The van der Waals surface area contributed by atoms with Crippen LogP contribution in [0.25, 0.3) is 0 Å². The topological polar surface area (TPSA) is 144 Å². The van der Waals surface area contributed by atoms with E-state index in [1.807, 2.05) is 6.08 Å². The van der Waals surface area contributed by atoms with Gasteiger partial charge in [-0.3, -0.25) is 19.2 Å².